The molecule has 16 heavy (non-hydrogen) atoms. The summed E-state index contributed by atoms with van der Waals surface area (Å²) in [6.07, 6.45) is 4.89. The van der Waals surface area contributed by atoms with Crippen LogP contribution < -0.4 is 5.32 Å². The van der Waals surface area contributed by atoms with Gasteiger partial charge in [0, 0.05) is 11.6 Å². The summed E-state index contributed by atoms with van der Waals surface area (Å²) in [5.74, 6) is 0. The summed E-state index contributed by atoms with van der Waals surface area (Å²) < 4.78 is 0. The Hall–Kier alpha value is -0.820. The summed E-state index contributed by atoms with van der Waals surface area (Å²) in [5, 5.41) is 3.85. The lowest BCUT2D eigenvalue weighted by Gasteiger charge is -2.32. The van der Waals surface area contributed by atoms with Crippen LogP contribution in [0.25, 0.3) is 0 Å². The van der Waals surface area contributed by atoms with Gasteiger partial charge in [-0.15, -0.1) is 0 Å². The maximum atomic E-state index is 3.85. The maximum Gasteiger partial charge on any atom is 0.0330 e. The molecule has 1 aliphatic rings. The van der Waals surface area contributed by atoms with E-state index < -0.39 is 0 Å². The minimum absolute atomic E-state index is 0.294. The molecule has 0 saturated heterocycles. The molecule has 0 bridgehead atoms. The third kappa shape index (κ3) is 2.15. The molecule has 1 unspecified atom stereocenters. The highest BCUT2D eigenvalue weighted by atomic mass is 15.0. The van der Waals surface area contributed by atoms with Gasteiger partial charge in [-0.25, -0.2) is 0 Å². The molecule has 88 valence electrons. The largest absolute Gasteiger partial charge is 0.305 e. The number of hydrogen-bond acceptors (Lipinski definition) is 1. The number of fused-ring (bicyclic) bond motifs is 1. The molecule has 0 amide bonds. The van der Waals surface area contributed by atoms with Crippen LogP contribution in [0.5, 0.6) is 0 Å². The summed E-state index contributed by atoms with van der Waals surface area (Å²) >= 11 is 0. The van der Waals surface area contributed by atoms with Crippen LogP contribution >= 0.6 is 0 Å². The van der Waals surface area contributed by atoms with E-state index in [4.69, 9.17) is 0 Å². The van der Waals surface area contributed by atoms with Crippen LogP contribution in [0.4, 0.5) is 0 Å². The molecule has 1 aromatic rings. The zero-order valence-electron chi connectivity index (χ0n) is 10.7. The van der Waals surface area contributed by atoms with Gasteiger partial charge in [-0.2, -0.15) is 0 Å². The molecular formula is C15H23N. The Morgan fingerprint density at radius 2 is 1.94 bits per heavy atom. The van der Waals surface area contributed by atoms with Crippen LogP contribution in [-0.2, 0) is 6.42 Å². The standard InChI is InChI=1S/C15H23N/c1-4-15(3,5-2)16-14-11-10-12-8-6-7-9-13(12)14/h6-9,14,16H,4-5,10-11H2,1-3H3. The van der Waals surface area contributed by atoms with E-state index in [0.29, 0.717) is 11.6 Å². The van der Waals surface area contributed by atoms with Crippen molar-refractivity contribution in [2.75, 3.05) is 0 Å². The lowest BCUT2D eigenvalue weighted by atomic mass is 9.93. The van der Waals surface area contributed by atoms with Crippen molar-refractivity contribution in [2.24, 2.45) is 0 Å². The lowest BCUT2D eigenvalue weighted by molar-refractivity contribution is 0.289. The first kappa shape index (κ1) is 11.7. The van der Waals surface area contributed by atoms with E-state index in [0.717, 1.165) is 0 Å². The number of benzene rings is 1. The van der Waals surface area contributed by atoms with Crippen molar-refractivity contribution < 1.29 is 0 Å². The number of hydrogen-bond donors (Lipinski definition) is 1. The highest BCUT2D eigenvalue weighted by molar-refractivity contribution is 5.34. The fourth-order valence-electron chi connectivity index (χ4n) is 2.58. The van der Waals surface area contributed by atoms with Gasteiger partial charge in [-0.05, 0) is 43.7 Å². The first-order chi connectivity index (χ1) is 7.68. The molecule has 0 radical (unpaired) electrons. The minimum atomic E-state index is 0.294. The molecule has 1 nitrogen and oxygen atoms in total. The van der Waals surface area contributed by atoms with E-state index in [-0.39, 0.29) is 0 Å². The van der Waals surface area contributed by atoms with Gasteiger partial charge in [0.15, 0.2) is 0 Å². The van der Waals surface area contributed by atoms with Gasteiger partial charge < -0.3 is 5.32 Å². The van der Waals surface area contributed by atoms with Crippen LogP contribution in [0.15, 0.2) is 24.3 Å². The van der Waals surface area contributed by atoms with Gasteiger partial charge in [-0.1, -0.05) is 38.1 Å². The third-order valence-electron chi connectivity index (χ3n) is 4.22. The molecule has 0 fully saturated rings. The monoisotopic (exact) mass is 217 g/mol. The Morgan fingerprint density at radius 1 is 1.25 bits per heavy atom. The smallest absolute Gasteiger partial charge is 0.0330 e. The van der Waals surface area contributed by atoms with Crippen molar-refractivity contribution in [3.8, 4) is 0 Å². The normalized spacial score (nSPS) is 19.8. The van der Waals surface area contributed by atoms with Gasteiger partial charge in [0.2, 0.25) is 0 Å². The third-order valence-corrected chi connectivity index (χ3v) is 4.22. The zero-order chi connectivity index (χ0) is 11.6. The van der Waals surface area contributed by atoms with Crippen molar-refractivity contribution in [1.82, 2.24) is 5.32 Å². The first-order valence-corrected chi connectivity index (χ1v) is 6.54. The van der Waals surface area contributed by atoms with Crippen LogP contribution in [0.2, 0.25) is 0 Å². The summed E-state index contributed by atoms with van der Waals surface area (Å²) in [7, 11) is 0. The van der Waals surface area contributed by atoms with Crippen molar-refractivity contribution in [3.63, 3.8) is 0 Å². The Balaban J connectivity index is 2.14. The van der Waals surface area contributed by atoms with Gasteiger partial charge in [0.25, 0.3) is 0 Å². The fraction of sp³-hybridized carbons (Fsp3) is 0.600. The molecule has 0 aromatic heterocycles. The van der Waals surface area contributed by atoms with Gasteiger partial charge >= 0.3 is 0 Å². The summed E-state index contributed by atoms with van der Waals surface area (Å²) in [5.41, 5.74) is 3.35. The summed E-state index contributed by atoms with van der Waals surface area (Å²) in [6.45, 7) is 6.89. The van der Waals surface area contributed by atoms with E-state index in [1.807, 2.05) is 0 Å². The van der Waals surface area contributed by atoms with E-state index in [1.165, 1.54) is 36.8 Å². The Kier molecular flexibility index (Phi) is 3.34. The Labute approximate surface area is 99.3 Å². The topological polar surface area (TPSA) is 12.0 Å². The fourth-order valence-corrected chi connectivity index (χ4v) is 2.58. The molecule has 0 spiro atoms. The highest BCUT2D eigenvalue weighted by Gasteiger charge is 2.28. The molecule has 0 saturated carbocycles. The molecule has 0 aliphatic heterocycles. The Bertz CT molecular complexity index is 352. The molecule has 1 N–H and O–H groups in total. The van der Waals surface area contributed by atoms with Crippen molar-refractivity contribution in [2.45, 2.75) is 58.0 Å². The summed E-state index contributed by atoms with van der Waals surface area (Å²) in [6, 6.07) is 9.44. The van der Waals surface area contributed by atoms with Gasteiger partial charge in [-0.3, -0.25) is 0 Å². The number of aryl methyl sites for hydroxylation is 1. The average Bonchev–Trinajstić information content (AvgIpc) is 2.73. The van der Waals surface area contributed by atoms with Crippen LogP contribution in [0.3, 0.4) is 0 Å². The average molecular weight is 217 g/mol. The number of nitrogens with one attached hydrogen (secondary N) is 1. The summed E-state index contributed by atoms with van der Waals surface area (Å²) in [4.78, 5) is 0. The molecular weight excluding hydrogens is 194 g/mol. The van der Waals surface area contributed by atoms with Crippen LogP contribution in [0, 0.1) is 0 Å². The quantitative estimate of drug-likeness (QED) is 0.808. The van der Waals surface area contributed by atoms with Crippen molar-refractivity contribution in [1.29, 1.82) is 0 Å². The van der Waals surface area contributed by atoms with E-state index >= 15 is 0 Å². The second-order valence-corrected chi connectivity index (χ2v) is 5.20. The first-order valence-electron chi connectivity index (χ1n) is 6.54. The zero-order valence-corrected chi connectivity index (χ0v) is 10.7. The minimum Gasteiger partial charge on any atom is -0.305 e. The van der Waals surface area contributed by atoms with Crippen molar-refractivity contribution in [3.05, 3.63) is 35.4 Å². The predicted octanol–water partition coefficient (Wildman–Crippen LogP) is 3.84. The van der Waals surface area contributed by atoms with Gasteiger partial charge in [0.05, 0.1) is 0 Å². The van der Waals surface area contributed by atoms with E-state index in [1.54, 1.807) is 0 Å². The van der Waals surface area contributed by atoms with E-state index in [2.05, 4.69) is 50.4 Å². The van der Waals surface area contributed by atoms with Crippen LogP contribution in [0.1, 0.15) is 57.2 Å². The molecule has 1 aliphatic carbocycles. The molecule has 1 aromatic carbocycles. The molecule has 0 heterocycles. The number of rotatable bonds is 4. The van der Waals surface area contributed by atoms with E-state index in [9.17, 15) is 0 Å². The second kappa shape index (κ2) is 4.58. The second-order valence-electron chi connectivity index (χ2n) is 5.20. The Morgan fingerprint density at radius 3 is 2.62 bits per heavy atom. The lowest BCUT2D eigenvalue weighted by Crippen LogP contribution is -2.42. The molecule has 1 heteroatoms. The highest BCUT2D eigenvalue weighted by Crippen LogP contribution is 2.33. The maximum absolute atomic E-state index is 3.85. The van der Waals surface area contributed by atoms with Crippen molar-refractivity contribution >= 4 is 0 Å². The predicted molar refractivity (Wildman–Crippen MR) is 69.6 cm³/mol. The van der Waals surface area contributed by atoms with Crippen LogP contribution in [-0.4, -0.2) is 5.54 Å². The van der Waals surface area contributed by atoms with Gasteiger partial charge in [0.1, 0.15) is 0 Å². The molecule has 2 rings (SSSR count). The SMILES string of the molecule is CCC(C)(CC)NC1CCc2ccccc21. The molecule has 1 atom stereocenters.